The first-order valence-corrected chi connectivity index (χ1v) is 6.70. The Labute approximate surface area is 122 Å². The minimum absolute atomic E-state index is 0.131. The van der Waals surface area contributed by atoms with Crippen LogP contribution in [-0.2, 0) is 0 Å². The highest BCUT2D eigenvalue weighted by Gasteiger charge is 2.08. The van der Waals surface area contributed by atoms with Gasteiger partial charge in [-0.25, -0.2) is 4.98 Å². The number of aromatic amines is 1. The van der Waals surface area contributed by atoms with Crippen molar-refractivity contribution in [1.29, 1.82) is 0 Å². The van der Waals surface area contributed by atoms with Crippen molar-refractivity contribution >= 4 is 17.1 Å². The highest BCUT2D eigenvalue weighted by Crippen LogP contribution is 2.32. The highest BCUT2D eigenvalue weighted by atomic mass is 16.5. The Morgan fingerprint density at radius 1 is 1.24 bits per heavy atom. The maximum absolute atomic E-state index is 9.68. The molecular formula is C17H16N2O2. The normalized spacial score (nSPS) is 11.3. The Kier molecular flexibility index (Phi) is 3.36. The fourth-order valence-electron chi connectivity index (χ4n) is 2.36. The van der Waals surface area contributed by atoms with Gasteiger partial charge in [0.2, 0.25) is 0 Å². The van der Waals surface area contributed by atoms with Crippen LogP contribution in [0.5, 0.6) is 11.5 Å². The van der Waals surface area contributed by atoms with Crippen molar-refractivity contribution < 1.29 is 9.84 Å². The summed E-state index contributed by atoms with van der Waals surface area (Å²) in [7, 11) is 1.54. The average molecular weight is 280 g/mol. The largest absolute Gasteiger partial charge is 0.504 e. The fraction of sp³-hybridized carbons (Fsp3) is 0.118. The van der Waals surface area contributed by atoms with Crippen molar-refractivity contribution in [1.82, 2.24) is 9.97 Å². The van der Waals surface area contributed by atoms with E-state index < -0.39 is 0 Å². The summed E-state index contributed by atoms with van der Waals surface area (Å²) in [5, 5.41) is 10.7. The molecule has 2 aromatic heterocycles. The molecule has 0 aliphatic rings. The molecule has 0 fully saturated rings. The highest BCUT2D eigenvalue weighted by molar-refractivity contribution is 5.89. The fourth-order valence-corrected chi connectivity index (χ4v) is 2.36. The molecule has 0 atom stereocenters. The lowest BCUT2D eigenvalue weighted by molar-refractivity contribution is 0.373. The van der Waals surface area contributed by atoms with Crippen LogP contribution in [0.3, 0.4) is 0 Å². The Balaban J connectivity index is 2.14. The van der Waals surface area contributed by atoms with E-state index in [9.17, 15) is 5.11 Å². The van der Waals surface area contributed by atoms with E-state index in [1.165, 1.54) is 7.11 Å². The summed E-state index contributed by atoms with van der Waals surface area (Å²) >= 11 is 0. The Bertz CT molecular complexity index is 819. The van der Waals surface area contributed by atoms with Gasteiger partial charge in [0.1, 0.15) is 5.65 Å². The standard InChI is InChI=1S/C17H16N2O2/c1-3-4-12-9-18-17-14(12)7-13(10-19-17)11-5-6-15(20)16(8-11)21-2/h3-10,20H,1-2H3,(H,18,19)/b4-3+. The molecule has 0 unspecified atom stereocenters. The third kappa shape index (κ3) is 2.36. The molecule has 0 saturated heterocycles. The van der Waals surface area contributed by atoms with E-state index in [4.69, 9.17) is 4.74 Å². The number of ether oxygens (including phenoxy) is 1. The Morgan fingerprint density at radius 3 is 2.86 bits per heavy atom. The number of H-pyrrole nitrogens is 1. The van der Waals surface area contributed by atoms with Crippen LogP contribution in [0.15, 0.2) is 42.7 Å². The third-order valence-corrected chi connectivity index (χ3v) is 3.42. The van der Waals surface area contributed by atoms with Crippen LogP contribution >= 0.6 is 0 Å². The maximum Gasteiger partial charge on any atom is 0.161 e. The summed E-state index contributed by atoms with van der Waals surface area (Å²) in [6.07, 6.45) is 7.80. The lowest BCUT2D eigenvalue weighted by Crippen LogP contribution is -1.86. The molecular weight excluding hydrogens is 264 g/mol. The smallest absolute Gasteiger partial charge is 0.161 e. The number of benzene rings is 1. The number of nitrogens with zero attached hydrogens (tertiary/aromatic N) is 1. The third-order valence-electron chi connectivity index (χ3n) is 3.42. The van der Waals surface area contributed by atoms with Crippen molar-refractivity contribution in [3.05, 3.63) is 48.3 Å². The first-order valence-electron chi connectivity index (χ1n) is 6.70. The molecule has 0 aliphatic carbocycles. The van der Waals surface area contributed by atoms with Gasteiger partial charge < -0.3 is 14.8 Å². The average Bonchev–Trinajstić information content (AvgIpc) is 2.91. The zero-order valence-electron chi connectivity index (χ0n) is 11.9. The van der Waals surface area contributed by atoms with Crippen LogP contribution in [-0.4, -0.2) is 22.2 Å². The number of phenols is 1. The van der Waals surface area contributed by atoms with Gasteiger partial charge in [-0.2, -0.15) is 0 Å². The van der Waals surface area contributed by atoms with E-state index in [0.29, 0.717) is 5.75 Å². The van der Waals surface area contributed by atoms with E-state index in [1.807, 2.05) is 37.5 Å². The van der Waals surface area contributed by atoms with Gasteiger partial charge in [-0.3, -0.25) is 0 Å². The zero-order valence-corrected chi connectivity index (χ0v) is 11.9. The predicted molar refractivity (Wildman–Crippen MR) is 84.5 cm³/mol. The number of nitrogens with one attached hydrogen (secondary N) is 1. The molecule has 2 N–H and O–H groups in total. The molecule has 2 heterocycles. The number of pyridine rings is 1. The zero-order chi connectivity index (χ0) is 14.8. The summed E-state index contributed by atoms with van der Waals surface area (Å²) in [4.78, 5) is 7.60. The summed E-state index contributed by atoms with van der Waals surface area (Å²) < 4.78 is 5.15. The van der Waals surface area contributed by atoms with Crippen LogP contribution in [0.4, 0.5) is 0 Å². The van der Waals surface area contributed by atoms with E-state index in [2.05, 4.69) is 16.0 Å². The summed E-state index contributed by atoms with van der Waals surface area (Å²) in [5.41, 5.74) is 3.89. The van der Waals surface area contributed by atoms with Gasteiger partial charge in [-0.15, -0.1) is 0 Å². The number of rotatable bonds is 3. The number of methoxy groups -OCH3 is 1. The summed E-state index contributed by atoms with van der Waals surface area (Å²) in [6.45, 7) is 1.99. The molecule has 3 rings (SSSR count). The van der Waals surface area contributed by atoms with Crippen molar-refractivity contribution in [2.75, 3.05) is 7.11 Å². The second-order valence-electron chi connectivity index (χ2n) is 4.75. The quantitative estimate of drug-likeness (QED) is 0.763. The van der Waals surface area contributed by atoms with Crippen molar-refractivity contribution in [3.8, 4) is 22.6 Å². The molecule has 1 aromatic carbocycles. The molecule has 106 valence electrons. The van der Waals surface area contributed by atoms with E-state index >= 15 is 0 Å². The number of fused-ring (bicyclic) bond motifs is 1. The minimum Gasteiger partial charge on any atom is -0.504 e. The maximum atomic E-state index is 9.68. The molecule has 0 aliphatic heterocycles. The van der Waals surface area contributed by atoms with Crippen molar-refractivity contribution in [2.24, 2.45) is 0 Å². The molecule has 0 bridgehead atoms. The Morgan fingerprint density at radius 2 is 2.10 bits per heavy atom. The van der Waals surface area contributed by atoms with Gasteiger partial charge in [-0.05, 0) is 30.7 Å². The second kappa shape index (κ2) is 5.32. The van der Waals surface area contributed by atoms with Crippen LogP contribution in [0.1, 0.15) is 12.5 Å². The van der Waals surface area contributed by atoms with Gasteiger partial charge in [-0.1, -0.05) is 18.2 Å². The molecule has 0 saturated carbocycles. The van der Waals surface area contributed by atoms with Gasteiger partial charge in [0, 0.05) is 28.9 Å². The van der Waals surface area contributed by atoms with Gasteiger partial charge in [0.15, 0.2) is 11.5 Å². The number of hydrogen-bond donors (Lipinski definition) is 2. The molecule has 3 aromatic rings. The van der Waals surface area contributed by atoms with Gasteiger partial charge in [0.05, 0.1) is 7.11 Å². The summed E-state index contributed by atoms with van der Waals surface area (Å²) in [5.74, 6) is 0.585. The van der Waals surface area contributed by atoms with Crippen LogP contribution in [0.25, 0.3) is 28.2 Å². The number of allylic oxidation sites excluding steroid dienone is 1. The number of hydrogen-bond acceptors (Lipinski definition) is 3. The van der Waals surface area contributed by atoms with E-state index in [1.54, 1.807) is 12.1 Å². The molecule has 0 spiro atoms. The van der Waals surface area contributed by atoms with Crippen LogP contribution in [0.2, 0.25) is 0 Å². The van der Waals surface area contributed by atoms with Gasteiger partial charge >= 0.3 is 0 Å². The number of phenolic OH excluding ortho intramolecular Hbond substituents is 1. The first kappa shape index (κ1) is 13.2. The van der Waals surface area contributed by atoms with E-state index in [0.717, 1.165) is 27.7 Å². The lowest BCUT2D eigenvalue weighted by atomic mass is 10.0. The van der Waals surface area contributed by atoms with Gasteiger partial charge in [0.25, 0.3) is 0 Å². The van der Waals surface area contributed by atoms with Crippen LogP contribution in [0, 0.1) is 0 Å². The Hall–Kier alpha value is -2.75. The van der Waals surface area contributed by atoms with Crippen LogP contribution < -0.4 is 4.74 Å². The molecule has 4 nitrogen and oxygen atoms in total. The van der Waals surface area contributed by atoms with Crippen molar-refractivity contribution in [2.45, 2.75) is 6.92 Å². The monoisotopic (exact) mass is 280 g/mol. The topological polar surface area (TPSA) is 58.1 Å². The SMILES string of the molecule is C/C=C/c1c[nH]c2ncc(-c3ccc(O)c(OC)c3)cc12. The predicted octanol–water partition coefficient (Wildman–Crippen LogP) is 3.98. The second-order valence-corrected chi connectivity index (χ2v) is 4.75. The molecule has 0 radical (unpaired) electrons. The lowest BCUT2D eigenvalue weighted by Gasteiger charge is -2.07. The number of aromatic nitrogens is 2. The minimum atomic E-state index is 0.131. The molecule has 4 heteroatoms. The number of aromatic hydroxyl groups is 1. The molecule has 0 amide bonds. The van der Waals surface area contributed by atoms with Crippen molar-refractivity contribution in [3.63, 3.8) is 0 Å². The summed E-state index contributed by atoms with van der Waals surface area (Å²) in [6, 6.07) is 7.37. The van der Waals surface area contributed by atoms with E-state index in [-0.39, 0.29) is 5.75 Å². The first-order chi connectivity index (χ1) is 10.2. The molecule has 21 heavy (non-hydrogen) atoms.